The molecule has 0 unspecified atom stereocenters. The molecule has 102 valence electrons. The van der Waals surface area contributed by atoms with Crippen molar-refractivity contribution >= 4 is 10.9 Å². The Kier molecular flexibility index (Phi) is 2.98. The number of methoxy groups -OCH3 is 2. The molecule has 0 fully saturated rings. The molecule has 6 heteroatoms. The lowest BCUT2D eigenvalue weighted by Gasteiger charge is -2.11. The Labute approximate surface area is 116 Å². The van der Waals surface area contributed by atoms with Gasteiger partial charge in [0.05, 0.1) is 25.4 Å². The van der Waals surface area contributed by atoms with Crippen LogP contribution in [0.3, 0.4) is 0 Å². The molecule has 1 aromatic carbocycles. The van der Waals surface area contributed by atoms with Crippen molar-refractivity contribution in [2.45, 2.75) is 6.92 Å². The largest absolute Gasteiger partial charge is 0.493 e. The summed E-state index contributed by atoms with van der Waals surface area (Å²) in [5, 5.41) is 0.937. The molecule has 20 heavy (non-hydrogen) atoms. The van der Waals surface area contributed by atoms with Gasteiger partial charge in [0.25, 0.3) is 0 Å². The molecule has 0 saturated heterocycles. The first-order valence-electron chi connectivity index (χ1n) is 6.11. The molecule has 2 heterocycles. The summed E-state index contributed by atoms with van der Waals surface area (Å²) in [7, 11) is 3.22. The first-order valence-corrected chi connectivity index (χ1v) is 6.11. The normalized spacial score (nSPS) is 10.8. The van der Waals surface area contributed by atoms with Gasteiger partial charge in [0.15, 0.2) is 11.5 Å². The molecule has 0 aliphatic rings. The van der Waals surface area contributed by atoms with Crippen LogP contribution in [0.2, 0.25) is 0 Å². The molecule has 0 amide bonds. The van der Waals surface area contributed by atoms with Crippen molar-refractivity contribution in [2.24, 2.45) is 0 Å². The molecule has 6 nitrogen and oxygen atoms in total. The van der Waals surface area contributed by atoms with Crippen LogP contribution in [0, 0.1) is 6.92 Å². The summed E-state index contributed by atoms with van der Waals surface area (Å²) < 4.78 is 12.4. The third kappa shape index (κ3) is 1.95. The van der Waals surface area contributed by atoms with Gasteiger partial charge in [-0.1, -0.05) is 0 Å². The van der Waals surface area contributed by atoms with Crippen molar-refractivity contribution in [3.8, 4) is 17.4 Å². The maximum atomic E-state index is 5.31. The number of aryl methyl sites for hydroxylation is 1. The molecule has 0 spiro atoms. The van der Waals surface area contributed by atoms with Crippen LogP contribution in [0.4, 0.5) is 0 Å². The van der Waals surface area contributed by atoms with Crippen LogP contribution in [-0.4, -0.2) is 33.7 Å². The van der Waals surface area contributed by atoms with Crippen LogP contribution in [0.25, 0.3) is 16.9 Å². The van der Waals surface area contributed by atoms with Gasteiger partial charge >= 0.3 is 0 Å². The van der Waals surface area contributed by atoms with Gasteiger partial charge in [-0.3, -0.25) is 4.57 Å². The zero-order valence-electron chi connectivity index (χ0n) is 11.5. The van der Waals surface area contributed by atoms with E-state index in [0.717, 1.165) is 16.6 Å². The third-order valence-electron chi connectivity index (χ3n) is 3.12. The van der Waals surface area contributed by atoms with E-state index in [0.29, 0.717) is 17.4 Å². The van der Waals surface area contributed by atoms with Gasteiger partial charge in [-0.05, 0) is 13.0 Å². The zero-order chi connectivity index (χ0) is 14.1. The van der Waals surface area contributed by atoms with Crippen molar-refractivity contribution in [3.05, 3.63) is 36.5 Å². The number of aromatic nitrogens is 4. The third-order valence-corrected chi connectivity index (χ3v) is 3.12. The quantitative estimate of drug-likeness (QED) is 0.729. The Hall–Kier alpha value is -2.63. The fraction of sp³-hybridized carbons (Fsp3) is 0.214. The SMILES string of the molecule is COc1cc2nc(-n3ccnc3)nc(C)c2cc1OC. The molecular formula is C14H14N4O2. The van der Waals surface area contributed by atoms with Gasteiger partial charge in [-0.15, -0.1) is 0 Å². The van der Waals surface area contributed by atoms with Gasteiger partial charge in [-0.25, -0.2) is 15.0 Å². The molecule has 0 saturated carbocycles. The number of ether oxygens (including phenoxy) is 2. The van der Waals surface area contributed by atoms with E-state index < -0.39 is 0 Å². The van der Waals surface area contributed by atoms with Crippen molar-refractivity contribution in [2.75, 3.05) is 14.2 Å². The predicted octanol–water partition coefficient (Wildman–Crippen LogP) is 2.14. The van der Waals surface area contributed by atoms with Crippen LogP contribution < -0.4 is 9.47 Å². The summed E-state index contributed by atoms with van der Waals surface area (Å²) in [6.07, 6.45) is 5.17. The van der Waals surface area contributed by atoms with E-state index in [1.54, 1.807) is 37.5 Å². The molecule has 0 atom stereocenters. The minimum Gasteiger partial charge on any atom is -0.493 e. The molecule has 3 aromatic rings. The maximum absolute atomic E-state index is 5.31. The molecule has 0 N–H and O–H groups in total. The first kappa shape index (κ1) is 12.4. The molecule has 3 rings (SSSR count). The Bertz CT molecular complexity index is 753. The number of imidazole rings is 1. The topological polar surface area (TPSA) is 62.1 Å². The highest BCUT2D eigenvalue weighted by molar-refractivity contribution is 5.85. The van der Waals surface area contributed by atoms with Gasteiger partial charge in [0.2, 0.25) is 5.95 Å². The second kappa shape index (κ2) is 4.80. The molecule has 0 radical (unpaired) electrons. The minimum absolute atomic E-state index is 0.583. The van der Waals surface area contributed by atoms with E-state index in [1.807, 2.05) is 19.1 Å². The number of rotatable bonds is 3. The average Bonchev–Trinajstić information content (AvgIpc) is 3.00. The summed E-state index contributed by atoms with van der Waals surface area (Å²) in [5.41, 5.74) is 1.68. The minimum atomic E-state index is 0.583. The zero-order valence-corrected chi connectivity index (χ0v) is 11.5. The second-order valence-corrected chi connectivity index (χ2v) is 4.30. The Balaban J connectivity index is 2.25. The summed E-state index contributed by atoms with van der Waals surface area (Å²) in [4.78, 5) is 13.0. The predicted molar refractivity (Wildman–Crippen MR) is 74.5 cm³/mol. The summed E-state index contributed by atoms with van der Waals surface area (Å²) >= 11 is 0. The van der Waals surface area contributed by atoms with Crippen molar-refractivity contribution in [3.63, 3.8) is 0 Å². The summed E-state index contributed by atoms with van der Waals surface area (Å²) in [6, 6.07) is 3.74. The van der Waals surface area contributed by atoms with Crippen LogP contribution in [0.5, 0.6) is 11.5 Å². The molecule has 2 aromatic heterocycles. The number of hydrogen-bond donors (Lipinski definition) is 0. The van der Waals surface area contributed by atoms with Crippen LogP contribution >= 0.6 is 0 Å². The van der Waals surface area contributed by atoms with Gasteiger partial charge in [0.1, 0.15) is 6.33 Å². The van der Waals surface area contributed by atoms with E-state index in [4.69, 9.17) is 9.47 Å². The monoisotopic (exact) mass is 270 g/mol. The Morgan fingerprint density at radius 2 is 1.80 bits per heavy atom. The highest BCUT2D eigenvalue weighted by atomic mass is 16.5. The Morgan fingerprint density at radius 1 is 1.05 bits per heavy atom. The maximum Gasteiger partial charge on any atom is 0.235 e. The molecular weight excluding hydrogens is 256 g/mol. The fourth-order valence-corrected chi connectivity index (χ4v) is 2.09. The highest BCUT2D eigenvalue weighted by Crippen LogP contribution is 2.32. The number of hydrogen-bond acceptors (Lipinski definition) is 5. The summed E-state index contributed by atoms with van der Waals surface area (Å²) in [6.45, 7) is 1.94. The van der Waals surface area contributed by atoms with Crippen molar-refractivity contribution in [1.82, 2.24) is 19.5 Å². The van der Waals surface area contributed by atoms with Crippen LogP contribution in [-0.2, 0) is 0 Å². The van der Waals surface area contributed by atoms with E-state index in [9.17, 15) is 0 Å². The van der Waals surface area contributed by atoms with Gasteiger partial charge in [0, 0.05) is 23.8 Å². The van der Waals surface area contributed by atoms with E-state index in [-0.39, 0.29) is 0 Å². The van der Waals surface area contributed by atoms with Crippen molar-refractivity contribution < 1.29 is 9.47 Å². The highest BCUT2D eigenvalue weighted by Gasteiger charge is 2.11. The number of fused-ring (bicyclic) bond motifs is 1. The van der Waals surface area contributed by atoms with E-state index in [1.165, 1.54) is 0 Å². The average molecular weight is 270 g/mol. The molecule has 0 aliphatic carbocycles. The Morgan fingerprint density at radius 3 is 2.45 bits per heavy atom. The van der Waals surface area contributed by atoms with Crippen LogP contribution in [0.15, 0.2) is 30.9 Å². The van der Waals surface area contributed by atoms with Crippen molar-refractivity contribution in [1.29, 1.82) is 0 Å². The van der Waals surface area contributed by atoms with Crippen LogP contribution in [0.1, 0.15) is 5.69 Å². The molecule has 0 aliphatic heterocycles. The van der Waals surface area contributed by atoms with Gasteiger partial charge in [-0.2, -0.15) is 0 Å². The smallest absolute Gasteiger partial charge is 0.235 e. The van der Waals surface area contributed by atoms with E-state index in [2.05, 4.69) is 15.0 Å². The first-order chi connectivity index (χ1) is 9.72. The summed E-state index contributed by atoms with van der Waals surface area (Å²) in [5.74, 6) is 1.90. The number of benzene rings is 1. The lowest BCUT2D eigenvalue weighted by Crippen LogP contribution is -2.02. The standard InChI is InChI=1S/C14H14N4O2/c1-9-10-6-12(19-2)13(20-3)7-11(10)17-14(16-9)18-5-4-15-8-18/h4-8H,1-3H3. The van der Waals surface area contributed by atoms with Gasteiger partial charge < -0.3 is 9.47 Å². The lowest BCUT2D eigenvalue weighted by molar-refractivity contribution is 0.355. The lowest BCUT2D eigenvalue weighted by atomic mass is 10.1. The fourth-order valence-electron chi connectivity index (χ4n) is 2.09. The number of nitrogens with zero attached hydrogens (tertiary/aromatic N) is 4. The second-order valence-electron chi connectivity index (χ2n) is 4.30. The molecule has 0 bridgehead atoms. The van der Waals surface area contributed by atoms with E-state index >= 15 is 0 Å².